The van der Waals surface area contributed by atoms with E-state index in [0.717, 1.165) is 6.42 Å². The third kappa shape index (κ3) is 4.46. The average Bonchev–Trinajstić information content (AvgIpc) is 2.25. The van der Waals surface area contributed by atoms with Gasteiger partial charge in [0, 0.05) is 0 Å². The van der Waals surface area contributed by atoms with Gasteiger partial charge in [0.15, 0.2) is 0 Å². The van der Waals surface area contributed by atoms with Gasteiger partial charge in [-0.3, -0.25) is 0 Å². The predicted molar refractivity (Wildman–Crippen MR) is 64.0 cm³/mol. The third-order valence-corrected chi connectivity index (χ3v) is 1.84. The molecule has 14 heavy (non-hydrogen) atoms. The Hall–Kier alpha value is -1.56. The maximum absolute atomic E-state index is 2.14. The van der Waals surface area contributed by atoms with E-state index >= 15 is 0 Å². The first kappa shape index (κ1) is 10.5. The first-order chi connectivity index (χ1) is 6.93. The zero-order valence-electron chi connectivity index (χ0n) is 8.56. The van der Waals surface area contributed by atoms with Crippen molar-refractivity contribution in [3.05, 3.63) is 66.3 Å². The smallest absolute Gasteiger partial charge is 0.0166 e. The van der Waals surface area contributed by atoms with Gasteiger partial charge in [-0.05, 0) is 18.9 Å². The van der Waals surface area contributed by atoms with Crippen LogP contribution in [0.2, 0.25) is 0 Å². The van der Waals surface area contributed by atoms with Crippen LogP contribution in [-0.2, 0) is 0 Å². The fraction of sp³-hybridized carbons (Fsp3) is 0.143. The lowest BCUT2D eigenvalue weighted by molar-refractivity contribution is 1.38. The molecule has 1 aromatic carbocycles. The van der Waals surface area contributed by atoms with Gasteiger partial charge in [0.2, 0.25) is 0 Å². The van der Waals surface area contributed by atoms with Crippen LogP contribution in [0, 0.1) is 0 Å². The number of hydrogen-bond donors (Lipinski definition) is 0. The molecule has 0 radical (unpaired) electrons. The van der Waals surface area contributed by atoms with E-state index in [9.17, 15) is 0 Å². The van der Waals surface area contributed by atoms with Crippen LogP contribution < -0.4 is 0 Å². The fourth-order valence-electron chi connectivity index (χ4n) is 1.10. The summed E-state index contributed by atoms with van der Waals surface area (Å²) in [5.74, 6) is 0. The van der Waals surface area contributed by atoms with Gasteiger partial charge in [-0.25, -0.2) is 0 Å². The number of benzene rings is 1. The molecule has 1 rings (SSSR count). The molecule has 0 heteroatoms. The van der Waals surface area contributed by atoms with Crippen molar-refractivity contribution in [1.82, 2.24) is 0 Å². The normalized spacial score (nSPS) is 12.1. The van der Waals surface area contributed by atoms with Gasteiger partial charge in [-0.2, -0.15) is 0 Å². The van der Waals surface area contributed by atoms with E-state index in [1.54, 1.807) is 0 Å². The fourth-order valence-corrected chi connectivity index (χ4v) is 1.10. The maximum atomic E-state index is 2.14. The molecular formula is C14H16. The second kappa shape index (κ2) is 6.90. The summed E-state index contributed by atoms with van der Waals surface area (Å²) >= 11 is 0. The summed E-state index contributed by atoms with van der Waals surface area (Å²) in [5, 5.41) is 0. The second-order valence-corrected chi connectivity index (χ2v) is 3.00. The summed E-state index contributed by atoms with van der Waals surface area (Å²) in [6.07, 6.45) is 13.6. The lowest BCUT2D eigenvalue weighted by Gasteiger charge is -1.88. The topological polar surface area (TPSA) is 0 Å². The molecule has 0 N–H and O–H groups in total. The quantitative estimate of drug-likeness (QED) is 0.485. The van der Waals surface area contributed by atoms with Crippen LogP contribution in [0.1, 0.15) is 18.9 Å². The monoisotopic (exact) mass is 184 g/mol. The van der Waals surface area contributed by atoms with Crippen LogP contribution in [0.25, 0.3) is 6.08 Å². The molecule has 72 valence electrons. The molecule has 0 aliphatic heterocycles. The van der Waals surface area contributed by atoms with Crippen LogP contribution in [0.4, 0.5) is 0 Å². The number of allylic oxidation sites excluding steroid dienone is 5. The molecule has 0 heterocycles. The second-order valence-electron chi connectivity index (χ2n) is 3.00. The Kier molecular flexibility index (Phi) is 5.19. The van der Waals surface area contributed by atoms with Crippen LogP contribution in [0.3, 0.4) is 0 Å². The van der Waals surface area contributed by atoms with E-state index in [1.165, 1.54) is 5.56 Å². The minimum atomic E-state index is 1.01. The largest absolute Gasteiger partial charge is 0.0914 e. The molecule has 0 amide bonds. The Morgan fingerprint density at radius 3 is 2.50 bits per heavy atom. The Bertz CT molecular complexity index is 315. The minimum absolute atomic E-state index is 1.01. The van der Waals surface area contributed by atoms with Crippen LogP contribution in [0.15, 0.2) is 60.7 Å². The van der Waals surface area contributed by atoms with Gasteiger partial charge in [0.25, 0.3) is 0 Å². The Balaban J connectivity index is 2.38. The van der Waals surface area contributed by atoms with Crippen LogP contribution in [-0.4, -0.2) is 0 Å². The molecule has 0 atom stereocenters. The van der Waals surface area contributed by atoms with E-state index < -0.39 is 0 Å². The van der Waals surface area contributed by atoms with Crippen molar-refractivity contribution >= 4 is 6.08 Å². The summed E-state index contributed by atoms with van der Waals surface area (Å²) < 4.78 is 0. The van der Waals surface area contributed by atoms with Gasteiger partial charge >= 0.3 is 0 Å². The van der Waals surface area contributed by atoms with Crippen molar-refractivity contribution in [1.29, 1.82) is 0 Å². The molecule has 0 spiro atoms. The summed E-state index contributed by atoms with van der Waals surface area (Å²) in [6.45, 7) is 2.04. The van der Waals surface area contributed by atoms with E-state index in [1.807, 2.05) is 25.1 Å². The number of rotatable bonds is 4. The molecule has 0 aromatic heterocycles. The van der Waals surface area contributed by atoms with Crippen molar-refractivity contribution < 1.29 is 0 Å². The van der Waals surface area contributed by atoms with Crippen molar-refractivity contribution in [3.63, 3.8) is 0 Å². The highest BCUT2D eigenvalue weighted by atomic mass is 13.8. The average molecular weight is 184 g/mol. The lowest BCUT2D eigenvalue weighted by atomic mass is 10.2. The molecule has 0 unspecified atom stereocenters. The minimum Gasteiger partial charge on any atom is -0.0914 e. The zero-order chi connectivity index (χ0) is 10.1. The molecule has 0 saturated heterocycles. The molecular weight excluding hydrogens is 168 g/mol. The van der Waals surface area contributed by atoms with Crippen LogP contribution >= 0.6 is 0 Å². The summed E-state index contributed by atoms with van der Waals surface area (Å²) in [7, 11) is 0. The molecule has 0 fully saturated rings. The van der Waals surface area contributed by atoms with Crippen molar-refractivity contribution in [2.24, 2.45) is 0 Å². The highest BCUT2D eigenvalue weighted by Gasteiger charge is 1.79. The van der Waals surface area contributed by atoms with Gasteiger partial charge < -0.3 is 0 Å². The maximum Gasteiger partial charge on any atom is -0.0166 e. The molecule has 1 aromatic rings. The molecule has 0 aliphatic rings. The van der Waals surface area contributed by atoms with Gasteiger partial charge in [-0.15, -0.1) is 0 Å². The molecule has 0 bridgehead atoms. The summed E-state index contributed by atoms with van der Waals surface area (Å²) in [4.78, 5) is 0. The van der Waals surface area contributed by atoms with Crippen molar-refractivity contribution in [3.8, 4) is 0 Å². The Morgan fingerprint density at radius 1 is 1.00 bits per heavy atom. The van der Waals surface area contributed by atoms with Crippen molar-refractivity contribution in [2.75, 3.05) is 0 Å². The first-order valence-electron chi connectivity index (χ1n) is 4.93. The Labute approximate surface area is 86.3 Å². The van der Waals surface area contributed by atoms with E-state index in [0.29, 0.717) is 0 Å². The van der Waals surface area contributed by atoms with Crippen LogP contribution in [0.5, 0.6) is 0 Å². The SMILES string of the molecule is CC=CCC=CC=Cc1ccccc1. The van der Waals surface area contributed by atoms with E-state index in [4.69, 9.17) is 0 Å². The highest BCUT2D eigenvalue weighted by Crippen LogP contribution is 2.00. The van der Waals surface area contributed by atoms with Gasteiger partial charge in [-0.1, -0.05) is 66.8 Å². The van der Waals surface area contributed by atoms with E-state index in [2.05, 4.69) is 48.6 Å². The predicted octanol–water partition coefficient (Wildman–Crippen LogP) is 4.22. The highest BCUT2D eigenvalue weighted by molar-refractivity contribution is 5.50. The van der Waals surface area contributed by atoms with E-state index in [-0.39, 0.29) is 0 Å². The Morgan fingerprint density at radius 2 is 1.79 bits per heavy atom. The first-order valence-corrected chi connectivity index (χ1v) is 4.93. The summed E-state index contributed by atoms with van der Waals surface area (Å²) in [5.41, 5.74) is 1.24. The zero-order valence-corrected chi connectivity index (χ0v) is 8.56. The molecule has 0 saturated carbocycles. The van der Waals surface area contributed by atoms with Gasteiger partial charge in [0.1, 0.15) is 0 Å². The third-order valence-electron chi connectivity index (χ3n) is 1.84. The summed E-state index contributed by atoms with van der Waals surface area (Å²) in [6, 6.07) is 10.3. The molecule has 0 aliphatic carbocycles. The standard InChI is InChI=1S/C14H16/c1-2-3-4-5-6-8-11-14-12-9-7-10-13-14/h2-3,5-13H,4H2,1H3. The molecule has 0 nitrogen and oxygen atoms in total. The lowest BCUT2D eigenvalue weighted by Crippen LogP contribution is -1.66. The number of hydrogen-bond acceptors (Lipinski definition) is 0. The van der Waals surface area contributed by atoms with Gasteiger partial charge in [0.05, 0.1) is 0 Å². The van der Waals surface area contributed by atoms with Crippen molar-refractivity contribution in [2.45, 2.75) is 13.3 Å².